The second-order valence-corrected chi connectivity index (χ2v) is 8.94. The predicted octanol–water partition coefficient (Wildman–Crippen LogP) is -0.232. The molecule has 124 valence electrons. The minimum absolute atomic E-state index is 0.445. The van der Waals surface area contributed by atoms with Gasteiger partial charge in [0.25, 0.3) is 5.56 Å². The van der Waals surface area contributed by atoms with Gasteiger partial charge in [0.15, 0.2) is 6.23 Å². The minimum atomic E-state index is -3.82. The van der Waals surface area contributed by atoms with E-state index in [-0.39, 0.29) is 0 Å². The van der Waals surface area contributed by atoms with E-state index < -0.39 is 48.5 Å². The number of rotatable bonds is 4. The minimum Gasteiger partial charge on any atom is -0.387 e. The zero-order valence-corrected chi connectivity index (χ0v) is 13.6. The maximum absolute atomic E-state index is 12.0. The summed E-state index contributed by atoms with van der Waals surface area (Å²) in [5, 5.41) is 19.9. The Kier molecular flexibility index (Phi) is 5.18. The molecule has 2 N–H and O–H groups in total. The summed E-state index contributed by atoms with van der Waals surface area (Å²) in [4.78, 5) is 23.3. The van der Waals surface area contributed by atoms with Crippen molar-refractivity contribution in [3.8, 4) is 0 Å². The van der Waals surface area contributed by atoms with Crippen LogP contribution in [0.15, 0.2) is 21.9 Å². The normalized spacial score (nSPS) is 29.0. The molecule has 1 saturated heterocycles. The molecule has 0 amide bonds. The highest BCUT2D eigenvalue weighted by Gasteiger charge is 2.44. The molecule has 0 aromatic carbocycles. The fraction of sp³-hybridized carbons (Fsp3) is 0.600. The number of aromatic nitrogens is 2. The van der Waals surface area contributed by atoms with Crippen LogP contribution in [-0.2, 0) is 20.9 Å². The van der Waals surface area contributed by atoms with Gasteiger partial charge in [-0.3, -0.25) is 18.5 Å². The summed E-state index contributed by atoms with van der Waals surface area (Å²) in [5.74, 6) is 0. The summed E-state index contributed by atoms with van der Waals surface area (Å²) in [5.41, 5.74) is -1.26. The van der Waals surface area contributed by atoms with Gasteiger partial charge in [0.2, 0.25) is 0 Å². The van der Waals surface area contributed by atoms with Gasteiger partial charge in [-0.25, -0.2) is 4.79 Å². The Hall–Kier alpha value is -0.670. The predicted molar refractivity (Wildman–Crippen MR) is 77.1 cm³/mol. The third-order valence-corrected chi connectivity index (χ3v) is 4.25. The molecule has 0 spiro atoms. The lowest BCUT2D eigenvalue weighted by Gasteiger charge is -2.17. The monoisotopic (exact) mass is 374 g/mol. The Morgan fingerprint density at radius 1 is 1.36 bits per heavy atom. The molecule has 1 fully saturated rings. The Labute approximate surface area is 133 Å². The molecule has 0 bridgehead atoms. The van der Waals surface area contributed by atoms with E-state index in [9.17, 15) is 24.4 Å². The lowest BCUT2D eigenvalue weighted by molar-refractivity contribution is -0.0512. The number of hydrogen-bond acceptors (Lipinski definition) is 7. The Balaban J connectivity index is 2.24. The standard InChI is InChI=1S/C10H13Cl2N2O7P/c1-13-6(15)2-3-14(10(13)18)9-8(17)7(16)5(21-9)4-20-22(11,12)19/h2-3,5,7-9,16-17H,4H2,1H3/t5-,7+,8?,9-/m1/s1. The van der Waals surface area contributed by atoms with Crippen molar-refractivity contribution in [1.82, 2.24) is 9.13 Å². The summed E-state index contributed by atoms with van der Waals surface area (Å²) >= 11 is 10.4. The quantitative estimate of drug-likeness (QED) is 0.698. The highest BCUT2D eigenvalue weighted by atomic mass is 35.9. The van der Waals surface area contributed by atoms with E-state index in [1.807, 2.05) is 0 Å². The van der Waals surface area contributed by atoms with Gasteiger partial charge in [0.05, 0.1) is 6.61 Å². The molecule has 1 aromatic rings. The fourth-order valence-electron chi connectivity index (χ4n) is 2.04. The highest BCUT2D eigenvalue weighted by Crippen LogP contribution is 2.57. The molecule has 1 aliphatic heterocycles. The van der Waals surface area contributed by atoms with Crippen molar-refractivity contribution in [2.75, 3.05) is 6.61 Å². The van der Waals surface area contributed by atoms with Crippen LogP contribution in [0.3, 0.4) is 0 Å². The van der Waals surface area contributed by atoms with Crippen molar-refractivity contribution >= 4 is 28.6 Å². The summed E-state index contributed by atoms with van der Waals surface area (Å²) in [6, 6.07) is 1.11. The van der Waals surface area contributed by atoms with Crippen LogP contribution in [0, 0.1) is 0 Å². The van der Waals surface area contributed by atoms with Crippen LogP contribution in [-0.4, -0.2) is 44.3 Å². The molecule has 4 atom stereocenters. The van der Waals surface area contributed by atoms with E-state index in [1.165, 1.54) is 7.05 Å². The summed E-state index contributed by atoms with van der Waals surface area (Å²) < 4.78 is 22.8. The third-order valence-electron chi connectivity index (χ3n) is 3.22. The Morgan fingerprint density at radius 2 is 2.00 bits per heavy atom. The second-order valence-electron chi connectivity index (χ2n) is 4.66. The Bertz CT molecular complexity index is 714. The van der Waals surface area contributed by atoms with E-state index in [2.05, 4.69) is 4.52 Å². The van der Waals surface area contributed by atoms with Gasteiger partial charge in [-0.05, 0) is 22.5 Å². The number of hydrogen-bond donors (Lipinski definition) is 2. The molecule has 9 nitrogen and oxygen atoms in total. The molecule has 22 heavy (non-hydrogen) atoms. The first-order valence-electron chi connectivity index (χ1n) is 6.05. The van der Waals surface area contributed by atoms with Gasteiger partial charge < -0.3 is 19.5 Å². The molecule has 1 aromatic heterocycles. The summed E-state index contributed by atoms with van der Waals surface area (Å²) in [7, 11) is 1.26. The molecule has 12 heteroatoms. The smallest absolute Gasteiger partial charge is 0.380 e. The molecule has 1 unspecified atom stereocenters. The number of aliphatic hydroxyl groups excluding tert-OH is 2. The SMILES string of the molecule is Cn1c(=O)ccn([C@@H]2O[C@H](COP(=O)(Cl)Cl)[C@H](O)C2O)c1=O. The van der Waals surface area contributed by atoms with Gasteiger partial charge in [-0.2, -0.15) is 0 Å². The first kappa shape index (κ1) is 17.7. The first-order chi connectivity index (χ1) is 10.1. The van der Waals surface area contributed by atoms with Crippen molar-refractivity contribution < 1.29 is 24.0 Å². The van der Waals surface area contributed by atoms with Crippen LogP contribution >= 0.6 is 28.6 Å². The zero-order chi connectivity index (χ0) is 16.7. The molecule has 1 aliphatic rings. The molecule has 2 heterocycles. The van der Waals surface area contributed by atoms with E-state index in [1.54, 1.807) is 0 Å². The molecule has 0 aliphatic carbocycles. The van der Waals surface area contributed by atoms with E-state index in [0.717, 1.165) is 21.4 Å². The van der Waals surface area contributed by atoms with Crippen LogP contribution in [0.4, 0.5) is 0 Å². The van der Waals surface area contributed by atoms with Gasteiger partial charge in [0.1, 0.15) is 18.3 Å². The van der Waals surface area contributed by atoms with Gasteiger partial charge in [-0.1, -0.05) is 0 Å². The van der Waals surface area contributed by atoms with Crippen LogP contribution in [0.5, 0.6) is 0 Å². The molecular formula is C10H13Cl2N2O7P. The zero-order valence-electron chi connectivity index (χ0n) is 11.2. The van der Waals surface area contributed by atoms with Crippen molar-refractivity contribution in [3.05, 3.63) is 33.1 Å². The van der Waals surface area contributed by atoms with E-state index >= 15 is 0 Å². The fourth-order valence-corrected chi connectivity index (χ4v) is 2.70. The molecule has 2 rings (SSSR count). The van der Waals surface area contributed by atoms with Crippen LogP contribution in [0.1, 0.15) is 6.23 Å². The largest absolute Gasteiger partial charge is 0.387 e. The molecule has 0 saturated carbocycles. The lowest BCUT2D eigenvalue weighted by atomic mass is 10.1. The van der Waals surface area contributed by atoms with Gasteiger partial charge in [0, 0.05) is 19.3 Å². The topological polar surface area (TPSA) is 120 Å². The maximum atomic E-state index is 12.0. The molecule has 0 radical (unpaired) electrons. The second kappa shape index (κ2) is 6.45. The highest BCUT2D eigenvalue weighted by molar-refractivity contribution is 8.05. The number of aliphatic hydroxyl groups is 2. The summed E-state index contributed by atoms with van der Waals surface area (Å²) in [6.45, 7) is -0.445. The van der Waals surface area contributed by atoms with Crippen molar-refractivity contribution in [3.63, 3.8) is 0 Å². The van der Waals surface area contributed by atoms with Crippen LogP contribution in [0.2, 0.25) is 0 Å². The third kappa shape index (κ3) is 3.62. The number of ether oxygens (including phenoxy) is 1. The van der Waals surface area contributed by atoms with Crippen LogP contribution in [0.25, 0.3) is 0 Å². The Morgan fingerprint density at radius 3 is 2.59 bits per heavy atom. The van der Waals surface area contributed by atoms with Gasteiger partial charge >= 0.3 is 11.8 Å². The lowest BCUT2D eigenvalue weighted by Crippen LogP contribution is -2.41. The number of halogens is 2. The first-order valence-corrected chi connectivity index (χ1v) is 9.49. The number of nitrogens with zero attached hydrogens (tertiary/aromatic N) is 2. The van der Waals surface area contributed by atoms with E-state index in [0.29, 0.717) is 0 Å². The van der Waals surface area contributed by atoms with E-state index in [4.69, 9.17) is 27.2 Å². The van der Waals surface area contributed by atoms with Crippen molar-refractivity contribution in [2.45, 2.75) is 24.5 Å². The van der Waals surface area contributed by atoms with Crippen LogP contribution < -0.4 is 11.2 Å². The average Bonchev–Trinajstić information content (AvgIpc) is 2.70. The molecular weight excluding hydrogens is 362 g/mol. The van der Waals surface area contributed by atoms with Gasteiger partial charge in [-0.15, -0.1) is 0 Å². The summed E-state index contributed by atoms with van der Waals surface area (Å²) in [6.07, 6.45) is -7.91. The maximum Gasteiger partial charge on any atom is 0.380 e. The average molecular weight is 375 g/mol. The van der Waals surface area contributed by atoms with Crippen molar-refractivity contribution in [2.24, 2.45) is 7.05 Å². The van der Waals surface area contributed by atoms with Crippen molar-refractivity contribution in [1.29, 1.82) is 0 Å².